The van der Waals surface area contributed by atoms with Gasteiger partial charge in [0.25, 0.3) is 0 Å². The highest BCUT2D eigenvalue weighted by Crippen LogP contribution is 2.30. The first-order valence-electron chi connectivity index (χ1n) is 7.77. The van der Waals surface area contributed by atoms with E-state index in [1.54, 1.807) is 17.4 Å². The van der Waals surface area contributed by atoms with E-state index in [2.05, 4.69) is 24.9 Å². The van der Waals surface area contributed by atoms with Gasteiger partial charge in [0, 0.05) is 23.5 Å². The van der Waals surface area contributed by atoms with Crippen LogP contribution in [0.1, 0.15) is 49.5 Å². The standard InChI is InChI=1S/C17H25NO2S/c1-3-13-4-7-15(8-5-13)18(2)11-16-10-14(12-21-16)6-9-17(19)20/h6,9-10,12-13,15H,3-5,7-8,11H2,1-2H3,(H,19,20). The molecule has 1 aromatic heterocycles. The van der Waals surface area contributed by atoms with Gasteiger partial charge in [-0.15, -0.1) is 11.3 Å². The fourth-order valence-electron chi connectivity index (χ4n) is 3.10. The molecule has 21 heavy (non-hydrogen) atoms. The number of rotatable bonds is 6. The van der Waals surface area contributed by atoms with Crippen LogP contribution in [-0.2, 0) is 11.3 Å². The third-order valence-electron chi connectivity index (χ3n) is 4.51. The largest absolute Gasteiger partial charge is 0.478 e. The van der Waals surface area contributed by atoms with Crippen molar-refractivity contribution in [3.63, 3.8) is 0 Å². The van der Waals surface area contributed by atoms with Crippen LogP contribution in [0.3, 0.4) is 0 Å². The van der Waals surface area contributed by atoms with E-state index in [-0.39, 0.29) is 0 Å². The zero-order chi connectivity index (χ0) is 15.2. The van der Waals surface area contributed by atoms with Crippen LogP contribution < -0.4 is 0 Å². The van der Waals surface area contributed by atoms with Crippen LogP contribution in [-0.4, -0.2) is 29.1 Å². The predicted octanol–water partition coefficient (Wildman–Crippen LogP) is 4.25. The van der Waals surface area contributed by atoms with Gasteiger partial charge in [-0.1, -0.05) is 13.3 Å². The molecule has 0 aromatic carbocycles. The van der Waals surface area contributed by atoms with Crippen LogP contribution in [0, 0.1) is 5.92 Å². The van der Waals surface area contributed by atoms with Gasteiger partial charge in [-0.2, -0.15) is 0 Å². The van der Waals surface area contributed by atoms with Gasteiger partial charge >= 0.3 is 5.97 Å². The van der Waals surface area contributed by atoms with Crippen molar-refractivity contribution >= 4 is 23.4 Å². The molecule has 1 fully saturated rings. The SMILES string of the molecule is CCC1CCC(N(C)Cc2cc(C=CC(=O)O)cs2)CC1. The lowest BCUT2D eigenvalue weighted by Crippen LogP contribution is -2.34. The molecule has 0 aliphatic heterocycles. The fraction of sp³-hybridized carbons (Fsp3) is 0.588. The van der Waals surface area contributed by atoms with Gasteiger partial charge in [-0.3, -0.25) is 4.90 Å². The van der Waals surface area contributed by atoms with Gasteiger partial charge < -0.3 is 5.11 Å². The Morgan fingerprint density at radius 1 is 1.43 bits per heavy atom. The maximum Gasteiger partial charge on any atom is 0.328 e. The summed E-state index contributed by atoms with van der Waals surface area (Å²) in [7, 11) is 2.21. The summed E-state index contributed by atoms with van der Waals surface area (Å²) in [6, 6.07) is 2.80. The Labute approximate surface area is 131 Å². The number of hydrogen-bond donors (Lipinski definition) is 1. The summed E-state index contributed by atoms with van der Waals surface area (Å²) in [5.41, 5.74) is 0.987. The second-order valence-electron chi connectivity index (χ2n) is 6.02. The number of aliphatic carboxylic acids is 1. The highest BCUT2D eigenvalue weighted by molar-refractivity contribution is 7.10. The molecule has 0 bridgehead atoms. The summed E-state index contributed by atoms with van der Waals surface area (Å²) in [4.78, 5) is 14.3. The van der Waals surface area contributed by atoms with Crippen molar-refractivity contribution in [3.8, 4) is 0 Å². The minimum atomic E-state index is -0.896. The number of carbonyl (C=O) groups is 1. The molecule has 116 valence electrons. The van der Waals surface area contributed by atoms with Crippen LogP contribution >= 0.6 is 11.3 Å². The zero-order valence-electron chi connectivity index (χ0n) is 12.9. The van der Waals surface area contributed by atoms with E-state index >= 15 is 0 Å². The average molecular weight is 307 g/mol. The Kier molecular flexibility index (Phi) is 6.00. The zero-order valence-corrected chi connectivity index (χ0v) is 13.7. The van der Waals surface area contributed by atoms with Crippen LogP contribution in [0.15, 0.2) is 17.5 Å². The molecule has 0 spiro atoms. The van der Waals surface area contributed by atoms with E-state index in [1.807, 2.05) is 5.38 Å². The van der Waals surface area contributed by atoms with E-state index in [0.29, 0.717) is 6.04 Å². The van der Waals surface area contributed by atoms with Gasteiger partial charge in [0.05, 0.1) is 0 Å². The van der Waals surface area contributed by atoms with Crippen LogP contribution in [0.2, 0.25) is 0 Å². The number of carboxylic acid groups (broad SMARTS) is 1. The topological polar surface area (TPSA) is 40.5 Å². The van der Waals surface area contributed by atoms with Crippen molar-refractivity contribution in [2.24, 2.45) is 5.92 Å². The van der Waals surface area contributed by atoms with Crippen molar-refractivity contribution in [2.75, 3.05) is 7.05 Å². The lowest BCUT2D eigenvalue weighted by molar-refractivity contribution is -0.131. The molecule has 0 amide bonds. The van der Waals surface area contributed by atoms with Crippen molar-refractivity contribution in [3.05, 3.63) is 28.0 Å². The Morgan fingerprint density at radius 3 is 2.76 bits per heavy atom. The molecule has 0 unspecified atom stereocenters. The van der Waals surface area contributed by atoms with E-state index in [9.17, 15) is 4.79 Å². The quantitative estimate of drug-likeness (QED) is 0.799. The molecule has 4 heteroatoms. The molecule has 0 atom stereocenters. The van der Waals surface area contributed by atoms with Gasteiger partial charge in [-0.05, 0) is 61.7 Å². The molecule has 1 aromatic rings. The lowest BCUT2D eigenvalue weighted by atomic mass is 9.84. The van der Waals surface area contributed by atoms with Gasteiger partial charge in [0.15, 0.2) is 0 Å². The molecular formula is C17H25NO2S. The Hall–Kier alpha value is -1.13. The van der Waals surface area contributed by atoms with E-state index < -0.39 is 5.97 Å². The Balaban J connectivity index is 1.85. The summed E-state index contributed by atoms with van der Waals surface area (Å²) >= 11 is 1.71. The van der Waals surface area contributed by atoms with Crippen molar-refractivity contribution in [1.29, 1.82) is 0 Å². The van der Waals surface area contributed by atoms with E-state index in [0.717, 1.165) is 18.0 Å². The molecule has 1 aliphatic rings. The molecular weight excluding hydrogens is 282 g/mol. The fourth-order valence-corrected chi connectivity index (χ4v) is 4.02. The average Bonchev–Trinajstić information content (AvgIpc) is 2.92. The van der Waals surface area contributed by atoms with Gasteiger partial charge in [-0.25, -0.2) is 4.79 Å². The summed E-state index contributed by atoms with van der Waals surface area (Å²) in [6.45, 7) is 3.26. The van der Waals surface area contributed by atoms with Gasteiger partial charge in [0.2, 0.25) is 0 Å². The highest BCUT2D eigenvalue weighted by Gasteiger charge is 2.23. The summed E-state index contributed by atoms with van der Waals surface area (Å²) in [5, 5.41) is 10.7. The van der Waals surface area contributed by atoms with Crippen molar-refractivity contribution in [1.82, 2.24) is 4.90 Å². The maximum atomic E-state index is 10.5. The van der Waals surface area contributed by atoms with Crippen LogP contribution in [0.25, 0.3) is 6.08 Å². The summed E-state index contributed by atoms with van der Waals surface area (Å²) < 4.78 is 0. The second-order valence-corrected chi connectivity index (χ2v) is 7.01. The Bertz CT molecular complexity index is 487. The molecule has 1 aliphatic carbocycles. The normalized spacial score (nSPS) is 23.0. The second kappa shape index (κ2) is 7.76. The van der Waals surface area contributed by atoms with Crippen LogP contribution in [0.5, 0.6) is 0 Å². The van der Waals surface area contributed by atoms with Crippen LogP contribution in [0.4, 0.5) is 0 Å². The third-order valence-corrected chi connectivity index (χ3v) is 5.45. The number of carboxylic acids is 1. The van der Waals surface area contributed by atoms with Crippen molar-refractivity contribution < 1.29 is 9.90 Å². The smallest absolute Gasteiger partial charge is 0.328 e. The monoisotopic (exact) mass is 307 g/mol. The predicted molar refractivity (Wildman–Crippen MR) is 88.5 cm³/mol. The first-order valence-corrected chi connectivity index (χ1v) is 8.65. The maximum absolute atomic E-state index is 10.5. The first kappa shape index (κ1) is 16.2. The van der Waals surface area contributed by atoms with Crippen molar-refractivity contribution in [2.45, 2.75) is 51.6 Å². The minimum absolute atomic E-state index is 0.702. The summed E-state index contributed by atoms with van der Waals surface area (Å²) in [6.07, 6.45) is 9.53. The van der Waals surface area contributed by atoms with Gasteiger partial charge in [0.1, 0.15) is 0 Å². The lowest BCUT2D eigenvalue weighted by Gasteiger charge is -2.34. The van der Waals surface area contributed by atoms with E-state index in [1.165, 1.54) is 43.1 Å². The number of nitrogens with zero attached hydrogens (tertiary/aromatic N) is 1. The summed E-state index contributed by atoms with van der Waals surface area (Å²) in [5.74, 6) is 0.0386. The molecule has 0 saturated heterocycles. The minimum Gasteiger partial charge on any atom is -0.478 e. The Morgan fingerprint density at radius 2 is 2.14 bits per heavy atom. The molecule has 1 heterocycles. The number of thiophene rings is 1. The first-order chi connectivity index (χ1) is 10.1. The molecule has 2 rings (SSSR count). The molecule has 3 nitrogen and oxygen atoms in total. The molecule has 0 radical (unpaired) electrons. The molecule has 1 N–H and O–H groups in total. The number of hydrogen-bond acceptors (Lipinski definition) is 3. The third kappa shape index (κ3) is 4.97. The molecule has 1 saturated carbocycles. The van der Waals surface area contributed by atoms with E-state index in [4.69, 9.17) is 5.11 Å². The highest BCUT2D eigenvalue weighted by atomic mass is 32.1.